The van der Waals surface area contributed by atoms with Gasteiger partial charge in [0.15, 0.2) is 17.2 Å². The lowest BCUT2D eigenvalue weighted by Crippen LogP contribution is -2.06. The van der Waals surface area contributed by atoms with Gasteiger partial charge >= 0.3 is 0 Å². The third kappa shape index (κ3) is 4.60. The molecule has 0 bridgehead atoms. The minimum Gasteiger partial charge on any atom is -0.454 e. The monoisotopic (exact) mass is 668 g/mol. The van der Waals surface area contributed by atoms with Gasteiger partial charge in [0.2, 0.25) is 5.95 Å². The Kier molecular flexibility index (Phi) is 2.72. The van der Waals surface area contributed by atoms with Crippen molar-refractivity contribution in [2.45, 2.75) is 0 Å². The summed E-state index contributed by atoms with van der Waals surface area (Å²) in [6.07, 6.45) is 0. The number of benzene rings is 7. The fourth-order valence-electron chi connectivity index (χ4n) is 5.30. The molecule has 234 valence electrons. The summed E-state index contributed by atoms with van der Waals surface area (Å²) in [7, 11) is 0. The van der Waals surface area contributed by atoms with Gasteiger partial charge in [0.05, 0.1) is 43.9 Å². The third-order valence-electron chi connectivity index (χ3n) is 7.48. The maximum atomic E-state index is 9.37. The zero-order valence-electron chi connectivity index (χ0n) is 52.7. The minimum absolute atomic E-state index is 0.391. The molecule has 7 aromatic carbocycles. The summed E-state index contributed by atoms with van der Waals surface area (Å²) < 4.78 is 253. The number of para-hydroxylation sites is 2. The predicted molar refractivity (Wildman–Crippen MR) is 203 cm³/mol. The lowest BCUT2D eigenvalue weighted by molar-refractivity contribution is 0.670. The van der Waals surface area contributed by atoms with Gasteiger partial charge in [-0.05, 0) is 40.4 Å². The highest BCUT2D eigenvalue weighted by Crippen LogP contribution is 2.40. The predicted octanol–water partition coefficient (Wildman–Crippen LogP) is 11.5. The van der Waals surface area contributed by atoms with Crippen LogP contribution in [0.25, 0.3) is 94.7 Å². The summed E-state index contributed by atoms with van der Waals surface area (Å²) >= 11 is 0. The van der Waals surface area contributed by atoms with Crippen molar-refractivity contribution in [1.82, 2.24) is 19.5 Å². The van der Waals surface area contributed by atoms with Gasteiger partial charge in [-0.25, -0.2) is 4.98 Å². The molecular weight excluding hydrogens is 613 g/mol. The van der Waals surface area contributed by atoms with E-state index in [2.05, 4.69) is 15.0 Å². The van der Waals surface area contributed by atoms with Crippen LogP contribution in [-0.2, 0) is 0 Å². The highest BCUT2D eigenvalue weighted by atomic mass is 16.3. The molecule has 0 N–H and O–H groups in total. The normalized spacial score (nSPS) is 19.4. The first-order chi connectivity index (χ1) is 36.4. The van der Waals surface area contributed by atoms with E-state index in [4.69, 9.17) is 33.2 Å². The molecular formula is C45H28N4O. The molecule has 0 aliphatic heterocycles. The van der Waals surface area contributed by atoms with Crippen molar-refractivity contribution in [3.05, 3.63) is 169 Å². The standard InChI is InChI=1S/C45H28N4O/c1-3-11-29(12-4-1)30-19-21-31(22-20-30)32-23-25-34(26-24-32)44-46-43(33-13-5-2-6-14-33)47-45(48-44)49-39-17-9-7-15-35(39)37-27-28-38-36-16-8-10-18-40(36)50-42(38)41(37)49/h1-28H/i1D,2D,3D,4D,5D,6D,7D,8D,9D,10D,11D,12D,13D,14D,15D,16D,17D,18D,19D,20D,21D,22D,23D,24D,25D,26D,27D,28D. The lowest BCUT2D eigenvalue weighted by Gasteiger charge is -2.11. The highest BCUT2D eigenvalue weighted by Gasteiger charge is 2.22. The Bertz CT molecular complexity index is 4380. The van der Waals surface area contributed by atoms with E-state index in [0.717, 1.165) is 4.57 Å². The van der Waals surface area contributed by atoms with E-state index in [9.17, 15) is 9.60 Å². The topological polar surface area (TPSA) is 56.7 Å². The summed E-state index contributed by atoms with van der Waals surface area (Å²) in [6, 6.07) is -25.1. The van der Waals surface area contributed by atoms with Gasteiger partial charge in [0.25, 0.3) is 0 Å². The van der Waals surface area contributed by atoms with Crippen LogP contribution >= 0.6 is 0 Å². The molecule has 50 heavy (non-hydrogen) atoms. The van der Waals surface area contributed by atoms with Crippen molar-refractivity contribution in [1.29, 1.82) is 0 Å². The number of fused-ring (bicyclic) bond motifs is 7. The van der Waals surface area contributed by atoms with Gasteiger partial charge in [-0.3, -0.25) is 4.57 Å². The van der Waals surface area contributed by atoms with Gasteiger partial charge in [-0.15, -0.1) is 0 Å². The number of aromatic nitrogens is 4. The SMILES string of the molecule is [2H]c1c([2H])c([2H])c(-c2nc(-c3c([2H])c([2H])c(-c4c([2H])c([2H])c(-c5c([2H])c([2H])c([2H])c([2H])c5[2H])c([2H])c4[2H])c([2H])c3[2H])nc(-n3c4c([2H])c([2H])c([2H])c([2H])c4c4c([2H])c([2H])c5c(oc6c([2H])c([2H])c([2H])c([2H])c65)c43)n2)c([2H])c1[2H]. The van der Waals surface area contributed by atoms with Crippen LogP contribution in [0.15, 0.2) is 174 Å². The van der Waals surface area contributed by atoms with Crippen LogP contribution in [0, 0.1) is 0 Å². The quantitative estimate of drug-likeness (QED) is 0.183. The summed E-state index contributed by atoms with van der Waals surface area (Å²) in [6.45, 7) is 0. The van der Waals surface area contributed by atoms with E-state index in [1.54, 1.807) is 0 Å². The fraction of sp³-hybridized carbons (Fsp3) is 0. The lowest BCUT2D eigenvalue weighted by atomic mass is 9.99. The summed E-state index contributed by atoms with van der Waals surface area (Å²) in [5.41, 5.74) is -6.90. The average Bonchev–Trinajstić information content (AvgIpc) is 4.22. The van der Waals surface area contributed by atoms with Gasteiger partial charge in [0.1, 0.15) is 11.1 Å². The number of rotatable bonds is 5. The smallest absolute Gasteiger partial charge is 0.238 e. The van der Waals surface area contributed by atoms with Crippen LogP contribution in [0.1, 0.15) is 38.4 Å². The van der Waals surface area contributed by atoms with Crippen LogP contribution in [-0.4, -0.2) is 19.5 Å². The number of hydrogen-bond acceptors (Lipinski definition) is 4. The van der Waals surface area contributed by atoms with Crippen LogP contribution < -0.4 is 0 Å². The molecule has 0 unspecified atom stereocenters. The van der Waals surface area contributed by atoms with Crippen molar-refractivity contribution >= 4 is 43.7 Å². The first-order valence-corrected chi connectivity index (χ1v) is 14.4. The van der Waals surface area contributed by atoms with E-state index in [0.29, 0.717) is 0 Å². The summed E-state index contributed by atoms with van der Waals surface area (Å²) in [5.74, 6) is -2.65. The molecule has 10 aromatic rings. The van der Waals surface area contributed by atoms with Crippen LogP contribution in [0.5, 0.6) is 0 Å². The van der Waals surface area contributed by atoms with Crippen LogP contribution in [0.3, 0.4) is 0 Å². The summed E-state index contributed by atoms with van der Waals surface area (Å²) in [4.78, 5) is 13.2. The van der Waals surface area contributed by atoms with Gasteiger partial charge in [-0.2, -0.15) is 9.97 Å². The molecule has 0 saturated carbocycles. The Balaban J connectivity index is 1.36. The first kappa shape index (κ1) is 11.9. The maximum absolute atomic E-state index is 9.37. The van der Waals surface area contributed by atoms with E-state index in [1.165, 1.54) is 0 Å². The Morgan fingerprint density at radius 3 is 1.54 bits per heavy atom. The first-order valence-electron chi connectivity index (χ1n) is 28.4. The molecule has 0 spiro atoms. The zero-order valence-corrected chi connectivity index (χ0v) is 24.7. The van der Waals surface area contributed by atoms with E-state index >= 15 is 0 Å². The van der Waals surface area contributed by atoms with Crippen LogP contribution in [0.4, 0.5) is 0 Å². The number of furan rings is 1. The second kappa shape index (κ2) is 11.4. The second-order valence-corrected chi connectivity index (χ2v) is 10.3. The Hall–Kier alpha value is -6.85. The Morgan fingerprint density at radius 2 is 0.880 bits per heavy atom. The number of nitrogens with zero attached hydrogens (tertiary/aromatic N) is 4. The molecule has 0 amide bonds. The second-order valence-electron chi connectivity index (χ2n) is 10.3. The van der Waals surface area contributed by atoms with Gasteiger partial charge in [0, 0.05) is 32.7 Å². The number of hydrogen-bond donors (Lipinski definition) is 0. The molecule has 10 rings (SSSR count). The molecule has 3 heterocycles. The molecule has 0 atom stereocenters. The van der Waals surface area contributed by atoms with Crippen molar-refractivity contribution < 1.29 is 42.8 Å². The zero-order chi connectivity index (χ0) is 57.4. The van der Waals surface area contributed by atoms with Crippen molar-refractivity contribution in [2.75, 3.05) is 0 Å². The van der Waals surface area contributed by atoms with E-state index < -0.39 is 264 Å². The van der Waals surface area contributed by atoms with Crippen molar-refractivity contribution in [2.24, 2.45) is 0 Å². The summed E-state index contributed by atoms with van der Waals surface area (Å²) in [5, 5.41) is -1.74. The average molecular weight is 669 g/mol. The molecule has 0 radical (unpaired) electrons. The molecule has 0 fully saturated rings. The van der Waals surface area contributed by atoms with Gasteiger partial charge < -0.3 is 4.42 Å². The van der Waals surface area contributed by atoms with E-state index in [-0.39, 0.29) is 0 Å². The van der Waals surface area contributed by atoms with Crippen molar-refractivity contribution in [3.63, 3.8) is 0 Å². The van der Waals surface area contributed by atoms with E-state index in [1.807, 2.05) is 0 Å². The largest absolute Gasteiger partial charge is 0.454 e. The Morgan fingerprint density at radius 1 is 0.400 bits per heavy atom. The molecule has 0 saturated heterocycles. The molecule has 5 nitrogen and oxygen atoms in total. The molecule has 0 aliphatic rings. The van der Waals surface area contributed by atoms with Crippen LogP contribution in [0.2, 0.25) is 0 Å². The molecule has 5 heteroatoms. The third-order valence-corrected chi connectivity index (χ3v) is 7.48. The maximum Gasteiger partial charge on any atom is 0.238 e. The minimum atomic E-state index is -1.08. The van der Waals surface area contributed by atoms with Gasteiger partial charge in [-0.1, -0.05) is 151 Å². The molecule has 3 aromatic heterocycles. The highest BCUT2D eigenvalue weighted by molar-refractivity contribution is 6.21. The molecule has 0 aliphatic carbocycles. The fourth-order valence-corrected chi connectivity index (χ4v) is 5.30. The Labute approximate surface area is 327 Å². The van der Waals surface area contributed by atoms with Crippen molar-refractivity contribution in [3.8, 4) is 51.0 Å².